The molecule has 5 heteroatoms. The van der Waals surface area contributed by atoms with Crippen LogP contribution in [0, 0.1) is 0 Å². The molecule has 0 amide bonds. The molecule has 2 aromatic carbocycles. The van der Waals surface area contributed by atoms with Crippen LogP contribution in [0.15, 0.2) is 63.8 Å². The van der Waals surface area contributed by atoms with Gasteiger partial charge in [-0.05, 0) is 36.8 Å². The average Bonchev–Trinajstić information content (AvgIpc) is 2.61. The topological polar surface area (TPSA) is 65.7 Å². The number of hydrogen-bond acceptors (Lipinski definition) is 5. The van der Waals surface area contributed by atoms with Gasteiger partial charge >= 0.3 is 11.6 Å². The second-order valence-electron chi connectivity index (χ2n) is 5.29. The lowest BCUT2D eigenvalue weighted by Gasteiger charge is -2.12. The van der Waals surface area contributed by atoms with Crippen molar-refractivity contribution in [3.05, 3.63) is 65.0 Å². The highest BCUT2D eigenvalue weighted by Crippen LogP contribution is 2.23. The summed E-state index contributed by atoms with van der Waals surface area (Å²) in [5, 5.41) is 0.853. The molecular formula is C19H16O5. The number of esters is 1. The third-order valence-electron chi connectivity index (χ3n) is 3.65. The van der Waals surface area contributed by atoms with Gasteiger partial charge in [0.2, 0.25) is 0 Å². The molecule has 0 aliphatic heterocycles. The highest BCUT2D eigenvalue weighted by atomic mass is 16.6. The van der Waals surface area contributed by atoms with Crippen LogP contribution in [0.3, 0.4) is 0 Å². The smallest absolute Gasteiger partial charge is 0.346 e. The fourth-order valence-corrected chi connectivity index (χ4v) is 2.39. The first-order chi connectivity index (χ1) is 11.6. The van der Waals surface area contributed by atoms with E-state index >= 15 is 0 Å². The van der Waals surface area contributed by atoms with Crippen molar-refractivity contribution in [3.8, 4) is 16.9 Å². The number of methoxy groups -OCH3 is 1. The van der Waals surface area contributed by atoms with Crippen LogP contribution in [-0.2, 0) is 9.53 Å². The minimum Gasteiger partial charge on any atom is -0.479 e. The Hall–Kier alpha value is -3.08. The van der Waals surface area contributed by atoms with Crippen molar-refractivity contribution < 1.29 is 18.7 Å². The van der Waals surface area contributed by atoms with Crippen molar-refractivity contribution in [2.45, 2.75) is 13.0 Å². The number of fused-ring (bicyclic) bond motifs is 1. The minimum absolute atomic E-state index is 0.398. The molecule has 1 aromatic heterocycles. The van der Waals surface area contributed by atoms with Crippen LogP contribution in [-0.4, -0.2) is 19.2 Å². The van der Waals surface area contributed by atoms with Gasteiger partial charge in [0, 0.05) is 5.39 Å². The maximum atomic E-state index is 12.2. The van der Waals surface area contributed by atoms with Crippen LogP contribution < -0.4 is 10.4 Å². The van der Waals surface area contributed by atoms with Crippen molar-refractivity contribution in [2.24, 2.45) is 0 Å². The molecule has 3 rings (SSSR count). The average molecular weight is 324 g/mol. The molecule has 0 saturated carbocycles. The molecule has 0 fully saturated rings. The summed E-state index contributed by atoms with van der Waals surface area (Å²) in [7, 11) is 1.31. The Labute approximate surface area is 138 Å². The summed E-state index contributed by atoms with van der Waals surface area (Å²) in [4.78, 5) is 23.5. The van der Waals surface area contributed by atoms with Crippen LogP contribution in [0.25, 0.3) is 22.1 Å². The van der Waals surface area contributed by atoms with Gasteiger partial charge < -0.3 is 13.9 Å². The number of carbonyl (C=O) groups excluding carboxylic acids is 1. The van der Waals surface area contributed by atoms with Crippen LogP contribution in [0.1, 0.15) is 6.92 Å². The lowest BCUT2D eigenvalue weighted by Crippen LogP contribution is -2.24. The zero-order valence-electron chi connectivity index (χ0n) is 13.3. The molecule has 0 aliphatic rings. The Morgan fingerprint density at radius 1 is 1.08 bits per heavy atom. The molecule has 3 aromatic rings. The summed E-state index contributed by atoms with van der Waals surface area (Å²) in [6.07, 6.45) is -0.702. The van der Waals surface area contributed by atoms with Crippen LogP contribution in [0.4, 0.5) is 0 Å². The summed E-state index contributed by atoms with van der Waals surface area (Å²) in [6.45, 7) is 1.61. The Kier molecular flexibility index (Phi) is 4.33. The molecule has 0 spiro atoms. The number of hydrogen-bond donors (Lipinski definition) is 0. The van der Waals surface area contributed by atoms with Crippen molar-refractivity contribution in [1.29, 1.82) is 0 Å². The van der Waals surface area contributed by atoms with E-state index in [1.165, 1.54) is 7.11 Å². The van der Waals surface area contributed by atoms with E-state index in [2.05, 4.69) is 4.74 Å². The normalized spacial score (nSPS) is 11.9. The first kappa shape index (κ1) is 15.8. The monoisotopic (exact) mass is 324 g/mol. The van der Waals surface area contributed by atoms with E-state index in [1.54, 1.807) is 43.3 Å². The third-order valence-corrected chi connectivity index (χ3v) is 3.65. The van der Waals surface area contributed by atoms with E-state index in [9.17, 15) is 9.59 Å². The van der Waals surface area contributed by atoms with Crippen molar-refractivity contribution in [1.82, 2.24) is 0 Å². The molecule has 24 heavy (non-hydrogen) atoms. The standard InChI is InChI=1S/C19H16O5/c1-12(18(20)22-2)23-15-9-7-13(8-10-15)16-11-14-5-3-4-6-17(14)24-19(16)21/h3-12H,1-2H3/t12-/m1/s1. The number of carbonyl (C=O) groups is 1. The summed E-state index contributed by atoms with van der Waals surface area (Å²) < 4.78 is 15.4. The molecule has 5 nitrogen and oxygen atoms in total. The zero-order chi connectivity index (χ0) is 17.1. The molecule has 1 heterocycles. The number of para-hydroxylation sites is 1. The van der Waals surface area contributed by atoms with E-state index in [4.69, 9.17) is 9.15 Å². The second-order valence-corrected chi connectivity index (χ2v) is 5.29. The predicted octanol–water partition coefficient (Wildman–Crippen LogP) is 3.40. The predicted molar refractivity (Wildman–Crippen MR) is 90.0 cm³/mol. The van der Waals surface area contributed by atoms with Gasteiger partial charge in [0.15, 0.2) is 6.10 Å². The van der Waals surface area contributed by atoms with Crippen LogP contribution in [0.2, 0.25) is 0 Å². The van der Waals surface area contributed by atoms with Gasteiger partial charge in [-0.1, -0.05) is 30.3 Å². The minimum atomic E-state index is -0.702. The Morgan fingerprint density at radius 3 is 2.50 bits per heavy atom. The van der Waals surface area contributed by atoms with Gasteiger partial charge in [-0.25, -0.2) is 9.59 Å². The highest BCUT2D eigenvalue weighted by Gasteiger charge is 2.15. The summed E-state index contributed by atoms with van der Waals surface area (Å²) >= 11 is 0. The Balaban J connectivity index is 1.89. The van der Waals surface area contributed by atoms with E-state index in [0.29, 0.717) is 22.5 Å². The molecule has 0 radical (unpaired) electrons. The summed E-state index contributed by atoms with van der Waals surface area (Å²) in [6, 6.07) is 16.0. The number of rotatable bonds is 4. The lowest BCUT2D eigenvalue weighted by atomic mass is 10.1. The maximum absolute atomic E-state index is 12.2. The first-order valence-electron chi connectivity index (χ1n) is 7.46. The van der Waals surface area contributed by atoms with Gasteiger partial charge in [0.1, 0.15) is 11.3 Å². The molecule has 122 valence electrons. The third kappa shape index (κ3) is 3.15. The summed E-state index contributed by atoms with van der Waals surface area (Å²) in [5.74, 6) is 0.0658. The highest BCUT2D eigenvalue weighted by molar-refractivity contribution is 5.81. The van der Waals surface area contributed by atoms with Gasteiger partial charge in [-0.3, -0.25) is 0 Å². The number of benzene rings is 2. The fraction of sp³-hybridized carbons (Fsp3) is 0.158. The van der Waals surface area contributed by atoms with Crippen LogP contribution >= 0.6 is 0 Å². The second kappa shape index (κ2) is 6.58. The lowest BCUT2D eigenvalue weighted by molar-refractivity contribution is -0.147. The van der Waals surface area contributed by atoms with Gasteiger partial charge in [0.25, 0.3) is 0 Å². The zero-order valence-corrected chi connectivity index (χ0v) is 13.3. The van der Waals surface area contributed by atoms with E-state index in [0.717, 1.165) is 5.39 Å². The largest absolute Gasteiger partial charge is 0.479 e. The van der Waals surface area contributed by atoms with E-state index in [1.807, 2.05) is 18.2 Å². The van der Waals surface area contributed by atoms with Crippen molar-refractivity contribution in [3.63, 3.8) is 0 Å². The van der Waals surface area contributed by atoms with Crippen molar-refractivity contribution in [2.75, 3.05) is 7.11 Å². The fourth-order valence-electron chi connectivity index (χ4n) is 2.39. The maximum Gasteiger partial charge on any atom is 0.346 e. The first-order valence-corrected chi connectivity index (χ1v) is 7.46. The molecule has 0 saturated heterocycles. The SMILES string of the molecule is COC(=O)[C@@H](C)Oc1ccc(-c2cc3ccccc3oc2=O)cc1. The molecule has 0 bridgehead atoms. The van der Waals surface area contributed by atoms with Gasteiger partial charge in [0.05, 0.1) is 12.7 Å². The van der Waals surface area contributed by atoms with Gasteiger partial charge in [-0.2, -0.15) is 0 Å². The molecule has 0 N–H and O–H groups in total. The van der Waals surface area contributed by atoms with Crippen LogP contribution in [0.5, 0.6) is 5.75 Å². The Bertz CT molecular complexity index is 924. The van der Waals surface area contributed by atoms with Crippen molar-refractivity contribution >= 4 is 16.9 Å². The van der Waals surface area contributed by atoms with E-state index in [-0.39, 0.29) is 0 Å². The molecule has 1 atom stereocenters. The molecular weight excluding hydrogens is 308 g/mol. The molecule has 0 unspecified atom stereocenters. The summed E-state index contributed by atoms with van der Waals surface area (Å²) in [5.41, 5.74) is 1.34. The Morgan fingerprint density at radius 2 is 1.79 bits per heavy atom. The molecule has 0 aliphatic carbocycles. The number of ether oxygens (including phenoxy) is 2. The quantitative estimate of drug-likeness (QED) is 0.543. The van der Waals surface area contributed by atoms with E-state index < -0.39 is 17.7 Å². The van der Waals surface area contributed by atoms with Gasteiger partial charge in [-0.15, -0.1) is 0 Å².